The number of carboxylic acid groups (broad SMARTS) is 1. The molecule has 0 aromatic rings. The predicted octanol–water partition coefficient (Wildman–Crippen LogP) is -4.57. The number of carboxylic acids is 1. The van der Waals surface area contributed by atoms with Crippen LogP contribution in [0.15, 0.2) is 4.99 Å². The van der Waals surface area contributed by atoms with Crippen molar-refractivity contribution in [2.24, 2.45) is 33.8 Å². The summed E-state index contributed by atoms with van der Waals surface area (Å²) in [6, 6.07) is -5.24. The van der Waals surface area contributed by atoms with Crippen LogP contribution in [0.4, 0.5) is 0 Å². The van der Waals surface area contributed by atoms with E-state index >= 15 is 0 Å². The first-order valence-electron chi connectivity index (χ1n) is 10.1. The zero-order chi connectivity index (χ0) is 25.7. The van der Waals surface area contributed by atoms with Gasteiger partial charge in [0.25, 0.3) is 0 Å². The third kappa shape index (κ3) is 11.6. The number of nitrogens with one attached hydrogen (secondary N) is 3. The minimum atomic E-state index is -1.47. The van der Waals surface area contributed by atoms with Gasteiger partial charge in [-0.2, -0.15) is 0 Å². The van der Waals surface area contributed by atoms with E-state index in [2.05, 4.69) is 20.9 Å². The normalized spacial score (nSPS) is 14.3. The van der Waals surface area contributed by atoms with Crippen molar-refractivity contribution in [3.8, 4) is 0 Å². The number of hydrogen-bond acceptors (Lipinski definition) is 8. The maximum Gasteiger partial charge on any atom is 0.326 e. The number of carbonyl (C=O) groups excluding carboxylic acids is 4. The number of aliphatic hydroxyl groups excluding tert-OH is 1. The summed E-state index contributed by atoms with van der Waals surface area (Å²) < 4.78 is 0. The number of aliphatic hydroxyl groups is 1. The summed E-state index contributed by atoms with van der Waals surface area (Å²) in [6.07, 6.45) is -0.163. The third-order valence-corrected chi connectivity index (χ3v) is 4.38. The van der Waals surface area contributed by atoms with Crippen molar-refractivity contribution in [1.29, 1.82) is 0 Å². The summed E-state index contributed by atoms with van der Waals surface area (Å²) in [4.78, 5) is 63.3. The number of hydrogen-bond donors (Lipinski definition) is 9. The highest BCUT2D eigenvalue weighted by molar-refractivity contribution is 5.95. The Kier molecular flexibility index (Phi) is 13.0. The van der Waals surface area contributed by atoms with Gasteiger partial charge < -0.3 is 49.1 Å². The number of nitrogens with zero attached hydrogens (tertiary/aromatic N) is 1. The molecule has 0 radical (unpaired) electrons. The monoisotopic (exact) mass is 474 g/mol. The Balaban J connectivity index is 5.15. The van der Waals surface area contributed by atoms with Gasteiger partial charge in [-0.1, -0.05) is 13.8 Å². The minimum absolute atomic E-state index is 0.0314. The van der Waals surface area contributed by atoms with Crippen LogP contribution < -0.4 is 38.9 Å². The summed E-state index contributed by atoms with van der Waals surface area (Å²) >= 11 is 0. The molecular weight excluding hydrogens is 440 g/mol. The van der Waals surface area contributed by atoms with Crippen LogP contribution in [-0.4, -0.2) is 83.1 Å². The molecule has 0 spiro atoms. The van der Waals surface area contributed by atoms with Crippen LogP contribution in [0.1, 0.15) is 33.1 Å². The molecule has 15 heteroatoms. The minimum Gasteiger partial charge on any atom is -0.480 e. The Bertz CT molecular complexity index is 739. The van der Waals surface area contributed by atoms with Crippen LogP contribution in [-0.2, 0) is 24.0 Å². The Labute approximate surface area is 190 Å². The Morgan fingerprint density at radius 2 is 1.48 bits per heavy atom. The lowest BCUT2D eigenvalue weighted by atomic mass is 10.0. The molecule has 4 atom stereocenters. The van der Waals surface area contributed by atoms with Gasteiger partial charge in [-0.25, -0.2) is 4.79 Å². The molecule has 0 saturated heterocycles. The largest absolute Gasteiger partial charge is 0.480 e. The first-order chi connectivity index (χ1) is 15.3. The van der Waals surface area contributed by atoms with Crippen LogP contribution in [0.5, 0.6) is 0 Å². The molecule has 0 aliphatic carbocycles. The maximum absolute atomic E-state index is 12.7. The number of nitrogens with two attached hydrogens (primary N) is 4. The second kappa shape index (κ2) is 14.6. The molecule has 0 aliphatic heterocycles. The predicted molar refractivity (Wildman–Crippen MR) is 117 cm³/mol. The zero-order valence-corrected chi connectivity index (χ0v) is 18.6. The molecule has 188 valence electrons. The molecule has 0 aromatic carbocycles. The molecule has 4 amide bonds. The standard InChI is InChI=1S/C18H34N8O7/c1-8(2)13(16(31)24-10(17(32)33)4-3-5-23-18(21)22)26-15(30)11(7-27)25-14(29)9(19)6-12(20)28/h8-11,13,27H,3-7,19H2,1-2H3,(H2,20,28)(H,24,31)(H,25,29)(H,26,30)(H,32,33)(H4,21,22,23). The lowest BCUT2D eigenvalue weighted by Crippen LogP contribution is -2.59. The molecule has 4 unspecified atom stereocenters. The van der Waals surface area contributed by atoms with E-state index in [1.54, 1.807) is 13.8 Å². The first kappa shape index (κ1) is 29.5. The second-order valence-corrected chi connectivity index (χ2v) is 7.60. The topological polar surface area (TPSA) is 278 Å². The van der Waals surface area contributed by atoms with Gasteiger partial charge in [0.15, 0.2) is 5.96 Å². The fourth-order valence-electron chi connectivity index (χ4n) is 2.59. The van der Waals surface area contributed by atoms with E-state index in [1.165, 1.54) is 0 Å². The average molecular weight is 475 g/mol. The van der Waals surface area contributed by atoms with Crippen molar-refractivity contribution < 1.29 is 34.2 Å². The molecule has 0 fully saturated rings. The molecule has 13 N–H and O–H groups in total. The maximum atomic E-state index is 12.7. The molecule has 0 saturated carbocycles. The number of carbonyl (C=O) groups is 5. The highest BCUT2D eigenvalue weighted by Gasteiger charge is 2.31. The van der Waals surface area contributed by atoms with Gasteiger partial charge in [0.05, 0.1) is 19.1 Å². The van der Waals surface area contributed by atoms with E-state index in [1.807, 2.05) is 0 Å². The SMILES string of the molecule is CC(C)C(NC(=O)C(CO)NC(=O)C(N)CC(N)=O)C(=O)NC(CCCN=C(N)N)C(=O)O. The van der Waals surface area contributed by atoms with E-state index in [4.69, 9.17) is 22.9 Å². The molecule has 0 heterocycles. The van der Waals surface area contributed by atoms with Crippen molar-refractivity contribution >= 4 is 35.6 Å². The molecule has 0 aromatic heterocycles. The third-order valence-electron chi connectivity index (χ3n) is 4.38. The van der Waals surface area contributed by atoms with Gasteiger partial charge in [0.2, 0.25) is 23.6 Å². The molecule has 0 rings (SSSR count). The number of rotatable bonds is 15. The lowest BCUT2D eigenvalue weighted by Gasteiger charge is -2.26. The molecule has 33 heavy (non-hydrogen) atoms. The number of guanidine groups is 1. The number of aliphatic imine (C=N–C) groups is 1. The summed E-state index contributed by atoms with van der Waals surface area (Å²) in [6.45, 7) is 2.56. The fraction of sp³-hybridized carbons (Fsp3) is 0.667. The van der Waals surface area contributed by atoms with Crippen molar-refractivity contribution in [1.82, 2.24) is 16.0 Å². The first-order valence-corrected chi connectivity index (χ1v) is 10.1. The van der Waals surface area contributed by atoms with E-state index in [9.17, 15) is 34.2 Å². The van der Waals surface area contributed by atoms with E-state index in [0.717, 1.165) is 0 Å². The van der Waals surface area contributed by atoms with Gasteiger partial charge in [0.1, 0.15) is 18.1 Å². The van der Waals surface area contributed by atoms with Crippen molar-refractivity contribution in [3.05, 3.63) is 0 Å². The zero-order valence-electron chi connectivity index (χ0n) is 18.6. The second-order valence-electron chi connectivity index (χ2n) is 7.60. The summed E-state index contributed by atoms with van der Waals surface area (Å²) in [7, 11) is 0. The Morgan fingerprint density at radius 3 is 1.94 bits per heavy atom. The van der Waals surface area contributed by atoms with Crippen molar-refractivity contribution in [3.63, 3.8) is 0 Å². The van der Waals surface area contributed by atoms with E-state index in [-0.39, 0.29) is 25.3 Å². The van der Waals surface area contributed by atoms with Gasteiger partial charge in [-0.3, -0.25) is 24.2 Å². The van der Waals surface area contributed by atoms with Crippen molar-refractivity contribution in [2.45, 2.75) is 57.3 Å². The molecule has 0 bridgehead atoms. The Hall–Kier alpha value is -3.46. The van der Waals surface area contributed by atoms with Gasteiger partial charge >= 0.3 is 5.97 Å². The summed E-state index contributed by atoms with van der Waals surface area (Å²) in [5.41, 5.74) is 20.9. The average Bonchev–Trinajstić information content (AvgIpc) is 2.70. The highest BCUT2D eigenvalue weighted by atomic mass is 16.4. The van der Waals surface area contributed by atoms with Crippen molar-refractivity contribution in [2.75, 3.05) is 13.2 Å². The van der Waals surface area contributed by atoms with Crippen LogP contribution in [0, 0.1) is 5.92 Å². The summed E-state index contributed by atoms with van der Waals surface area (Å²) in [5, 5.41) is 25.7. The number of primary amides is 1. The van der Waals surface area contributed by atoms with Gasteiger partial charge in [-0.05, 0) is 18.8 Å². The molecule has 0 aliphatic rings. The van der Waals surface area contributed by atoms with E-state index in [0.29, 0.717) is 0 Å². The van der Waals surface area contributed by atoms with Crippen LogP contribution in [0.3, 0.4) is 0 Å². The smallest absolute Gasteiger partial charge is 0.326 e. The summed E-state index contributed by atoms with van der Waals surface area (Å²) in [5.74, 6) is -5.32. The lowest BCUT2D eigenvalue weighted by molar-refractivity contribution is -0.142. The molecule has 15 nitrogen and oxygen atoms in total. The van der Waals surface area contributed by atoms with Crippen LogP contribution in [0.25, 0.3) is 0 Å². The number of aliphatic carboxylic acids is 1. The van der Waals surface area contributed by atoms with Crippen LogP contribution >= 0.6 is 0 Å². The Morgan fingerprint density at radius 1 is 0.909 bits per heavy atom. The van der Waals surface area contributed by atoms with Gasteiger partial charge in [-0.15, -0.1) is 0 Å². The van der Waals surface area contributed by atoms with E-state index < -0.39 is 72.7 Å². The van der Waals surface area contributed by atoms with Gasteiger partial charge in [0, 0.05) is 6.54 Å². The number of amides is 4. The molecular formula is C18H34N8O7. The van der Waals surface area contributed by atoms with Crippen LogP contribution in [0.2, 0.25) is 0 Å². The highest BCUT2D eigenvalue weighted by Crippen LogP contribution is 2.06. The quantitative estimate of drug-likeness (QED) is 0.0622. The fourth-order valence-corrected chi connectivity index (χ4v) is 2.59.